The number of carbonyl (C=O) groups is 2. The van der Waals surface area contributed by atoms with E-state index < -0.39 is 35.7 Å². The van der Waals surface area contributed by atoms with E-state index in [0.29, 0.717) is 12.8 Å². The molecule has 146 valence electrons. The van der Waals surface area contributed by atoms with E-state index in [2.05, 4.69) is 6.58 Å². The molecule has 0 radical (unpaired) electrons. The second-order valence-electron chi connectivity index (χ2n) is 6.23. The molecule has 0 aromatic heterocycles. The fourth-order valence-electron chi connectivity index (χ4n) is 2.76. The number of hydrogen-bond acceptors (Lipinski definition) is 8. The molecule has 0 amide bonds. The summed E-state index contributed by atoms with van der Waals surface area (Å²) in [6.07, 6.45) is 1.89. The van der Waals surface area contributed by atoms with Crippen molar-refractivity contribution in [2.24, 2.45) is 0 Å². The Labute approximate surface area is 153 Å². The van der Waals surface area contributed by atoms with E-state index in [4.69, 9.17) is 28.4 Å². The molecule has 0 bridgehead atoms. The highest BCUT2D eigenvalue weighted by atomic mass is 16.8. The van der Waals surface area contributed by atoms with Crippen molar-refractivity contribution in [1.29, 1.82) is 0 Å². The van der Waals surface area contributed by atoms with Gasteiger partial charge in [0.15, 0.2) is 12.2 Å². The van der Waals surface area contributed by atoms with Crippen LogP contribution in [-0.2, 0) is 38.0 Å². The van der Waals surface area contributed by atoms with E-state index in [1.165, 1.54) is 14.2 Å². The number of ether oxygens (including phenoxy) is 6. The summed E-state index contributed by atoms with van der Waals surface area (Å²) in [6, 6.07) is 0. The monoisotopic (exact) mass is 370 g/mol. The summed E-state index contributed by atoms with van der Waals surface area (Å²) >= 11 is 0. The summed E-state index contributed by atoms with van der Waals surface area (Å²) in [5.74, 6) is -4.35. The highest BCUT2D eigenvalue weighted by Gasteiger charge is 2.60. The quantitative estimate of drug-likeness (QED) is 0.691. The molecule has 8 nitrogen and oxygen atoms in total. The molecule has 8 heteroatoms. The molecule has 2 aliphatic heterocycles. The van der Waals surface area contributed by atoms with E-state index in [-0.39, 0.29) is 13.2 Å². The van der Waals surface area contributed by atoms with Gasteiger partial charge in [-0.1, -0.05) is 18.7 Å². The smallest absolute Gasteiger partial charge is 0.338 e. The number of hydrogen-bond donors (Lipinski definition) is 0. The van der Waals surface area contributed by atoms with Crippen molar-refractivity contribution in [2.75, 3.05) is 27.4 Å². The standard InChI is InChI=1S/C18H26O8/c1-6-12-8-7-10-23-15(19)13-14(16(20)24-11-9-12)26-18(3,22-5)17(2,21-4)25-13/h6,8,13-14H,1,7,9-11H2,2-5H3/b12-8-. The lowest BCUT2D eigenvalue weighted by atomic mass is 10.0. The molecule has 0 aliphatic carbocycles. The van der Waals surface area contributed by atoms with Crippen LogP contribution in [0.4, 0.5) is 0 Å². The van der Waals surface area contributed by atoms with Crippen LogP contribution in [0.3, 0.4) is 0 Å². The van der Waals surface area contributed by atoms with E-state index in [9.17, 15) is 9.59 Å². The zero-order chi connectivity index (χ0) is 19.4. The first-order valence-corrected chi connectivity index (χ1v) is 8.41. The SMILES string of the molecule is C=C/C1=C/CCOC(=O)C2OC(C)(OC)C(C)(OC)OC2C(=O)OCC1. The Balaban J connectivity index is 2.31. The minimum Gasteiger partial charge on any atom is -0.463 e. The number of esters is 2. The van der Waals surface area contributed by atoms with Crippen LogP contribution in [0, 0.1) is 0 Å². The average molecular weight is 370 g/mol. The average Bonchev–Trinajstić information content (AvgIpc) is 2.64. The van der Waals surface area contributed by atoms with Gasteiger partial charge >= 0.3 is 11.9 Å². The van der Waals surface area contributed by atoms with Gasteiger partial charge in [0, 0.05) is 27.1 Å². The Hall–Kier alpha value is -1.74. The molecule has 4 atom stereocenters. The van der Waals surface area contributed by atoms with Gasteiger partial charge in [0.2, 0.25) is 11.6 Å². The van der Waals surface area contributed by atoms with Crippen LogP contribution in [0.5, 0.6) is 0 Å². The molecule has 0 N–H and O–H groups in total. The fourth-order valence-corrected chi connectivity index (χ4v) is 2.76. The van der Waals surface area contributed by atoms with Crippen LogP contribution in [-0.4, -0.2) is 63.2 Å². The van der Waals surface area contributed by atoms with Crippen LogP contribution in [0.2, 0.25) is 0 Å². The van der Waals surface area contributed by atoms with Gasteiger partial charge in [-0.15, -0.1) is 0 Å². The molecule has 0 spiro atoms. The highest BCUT2D eigenvalue weighted by Crippen LogP contribution is 2.39. The Morgan fingerprint density at radius 1 is 1.04 bits per heavy atom. The first kappa shape index (κ1) is 20.6. The van der Waals surface area contributed by atoms with Gasteiger partial charge in [0.1, 0.15) is 0 Å². The number of cyclic esters (lactones) is 2. The largest absolute Gasteiger partial charge is 0.463 e. The zero-order valence-electron chi connectivity index (χ0n) is 15.6. The predicted molar refractivity (Wildman–Crippen MR) is 90.0 cm³/mol. The lowest BCUT2D eigenvalue weighted by molar-refractivity contribution is -0.439. The third kappa shape index (κ3) is 3.98. The summed E-state index contributed by atoms with van der Waals surface area (Å²) in [5.41, 5.74) is 0.903. The zero-order valence-corrected chi connectivity index (χ0v) is 15.6. The van der Waals surface area contributed by atoms with E-state index in [0.717, 1.165) is 5.57 Å². The van der Waals surface area contributed by atoms with Crippen molar-refractivity contribution in [2.45, 2.75) is 50.5 Å². The van der Waals surface area contributed by atoms with Crippen LogP contribution in [0.1, 0.15) is 26.7 Å². The summed E-state index contributed by atoms with van der Waals surface area (Å²) in [7, 11) is 2.78. The molecule has 4 unspecified atom stereocenters. The summed E-state index contributed by atoms with van der Waals surface area (Å²) in [4.78, 5) is 25.0. The number of allylic oxidation sites excluding steroid dienone is 1. The van der Waals surface area contributed by atoms with Crippen LogP contribution in [0.15, 0.2) is 24.3 Å². The summed E-state index contributed by atoms with van der Waals surface area (Å²) < 4.78 is 32.8. The van der Waals surface area contributed by atoms with Gasteiger partial charge in [-0.3, -0.25) is 0 Å². The molecular weight excluding hydrogens is 344 g/mol. The molecule has 1 fully saturated rings. The first-order chi connectivity index (χ1) is 12.3. The minimum absolute atomic E-state index is 0.129. The van der Waals surface area contributed by atoms with Crippen LogP contribution in [0.25, 0.3) is 0 Å². The van der Waals surface area contributed by atoms with Crippen molar-refractivity contribution < 1.29 is 38.0 Å². The second-order valence-corrected chi connectivity index (χ2v) is 6.23. The molecule has 0 aromatic rings. The fraction of sp³-hybridized carbons (Fsp3) is 0.667. The van der Waals surface area contributed by atoms with Gasteiger partial charge in [-0.2, -0.15) is 0 Å². The van der Waals surface area contributed by atoms with E-state index in [1.54, 1.807) is 19.9 Å². The maximum Gasteiger partial charge on any atom is 0.338 e. The Morgan fingerprint density at radius 3 is 2.00 bits per heavy atom. The molecule has 1 saturated heterocycles. The topological polar surface area (TPSA) is 89.5 Å². The number of carbonyl (C=O) groups excluding carboxylic acids is 2. The number of fused-ring (bicyclic) bond motifs is 1. The first-order valence-electron chi connectivity index (χ1n) is 8.41. The maximum absolute atomic E-state index is 12.5. The van der Waals surface area contributed by atoms with Crippen molar-refractivity contribution >= 4 is 11.9 Å². The number of methoxy groups -OCH3 is 2. The van der Waals surface area contributed by atoms with Crippen molar-refractivity contribution in [3.05, 3.63) is 24.3 Å². The van der Waals surface area contributed by atoms with Crippen molar-refractivity contribution in [3.8, 4) is 0 Å². The predicted octanol–water partition coefficient (Wildman–Crippen LogP) is 1.49. The second kappa shape index (κ2) is 8.30. The van der Waals surface area contributed by atoms with E-state index >= 15 is 0 Å². The highest BCUT2D eigenvalue weighted by molar-refractivity contribution is 5.86. The van der Waals surface area contributed by atoms with Gasteiger partial charge in [0.05, 0.1) is 13.2 Å². The van der Waals surface area contributed by atoms with Gasteiger partial charge in [-0.25, -0.2) is 9.59 Å². The third-order valence-corrected chi connectivity index (χ3v) is 4.71. The summed E-state index contributed by atoms with van der Waals surface area (Å²) in [5, 5.41) is 0. The molecule has 2 heterocycles. The molecule has 2 aliphatic rings. The third-order valence-electron chi connectivity index (χ3n) is 4.71. The molecule has 2 rings (SSSR count). The molecule has 26 heavy (non-hydrogen) atoms. The van der Waals surface area contributed by atoms with Gasteiger partial charge < -0.3 is 28.4 Å². The Bertz CT molecular complexity index is 586. The van der Waals surface area contributed by atoms with Crippen LogP contribution < -0.4 is 0 Å². The van der Waals surface area contributed by atoms with Crippen molar-refractivity contribution in [1.82, 2.24) is 0 Å². The Morgan fingerprint density at radius 2 is 1.54 bits per heavy atom. The molecule has 0 aromatic carbocycles. The summed E-state index contributed by atoms with van der Waals surface area (Å²) in [6.45, 7) is 7.10. The molecular formula is C18H26O8. The lowest BCUT2D eigenvalue weighted by Gasteiger charge is -2.50. The van der Waals surface area contributed by atoms with Gasteiger partial charge in [-0.05, 0) is 19.4 Å². The van der Waals surface area contributed by atoms with E-state index in [1.807, 2.05) is 6.08 Å². The number of rotatable bonds is 3. The lowest BCUT2D eigenvalue weighted by Crippen LogP contribution is -2.68. The molecule has 0 saturated carbocycles. The van der Waals surface area contributed by atoms with Crippen molar-refractivity contribution in [3.63, 3.8) is 0 Å². The van der Waals surface area contributed by atoms with Gasteiger partial charge in [0.25, 0.3) is 0 Å². The van der Waals surface area contributed by atoms with Crippen LogP contribution >= 0.6 is 0 Å². The minimum atomic E-state index is -1.44. The maximum atomic E-state index is 12.5. The normalized spacial score (nSPS) is 38.5. The Kier molecular flexibility index (Phi) is 6.57.